The van der Waals surface area contributed by atoms with Crippen LogP contribution < -0.4 is 5.32 Å². The van der Waals surface area contributed by atoms with E-state index in [4.69, 9.17) is 0 Å². The number of pyridine rings is 1. The number of nitrogens with one attached hydrogen (secondary N) is 1. The first-order chi connectivity index (χ1) is 12.3. The van der Waals surface area contributed by atoms with E-state index in [2.05, 4.69) is 33.2 Å². The lowest BCUT2D eigenvalue weighted by Crippen LogP contribution is -2.37. The van der Waals surface area contributed by atoms with E-state index in [0.717, 1.165) is 28.9 Å². The van der Waals surface area contributed by atoms with Crippen LogP contribution in [0.2, 0.25) is 0 Å². The van der Waals surface area contributed by atoms with Crippen molar-refractivity contribution in [1.29, 1.82) is 0 Å². The molecule has 1 aliphatic heterocycles. The number of hydrogen-bond donors (Lipinski definition) is 1. The van der Waals surface area contributed by atoms with E-state index in [9.17, 15) is 4.79 Å². The maximum Gasteiger partial charge on any atom is 0.226 e. The quantitative estimate of drug-likeness (QED) is 0.717. The van der Waals surface area contributed by atoms with Crippen LogP contribution in [0.5, 0.6) is 0 Å². The summed E-state index contributed by atoms with van der Waals surface area (Å²) in [5.74, 6) is 1.04. The molecule has 0 spiro atoms. The van der Waals surface area contributed by atoms with E-state index in [-0.39, 0.29) is 11.9 Å². The van der Waals surface area contributed by atoms with Gasteiger partial charge in [0, 0.05) is 24.3 Å². The molecule has 0 radical (unpaired) electrons. The molecule has 1 saturated heterocycles. The summed E-state index contributed by atoms with van der Waals surface area (Å²) < 4.78 is 1.04. The average Bonchev–Trinajstić information content (AvgIpc) is 3.29. The molecule has 0 unspecified atom stereocenters. The van der Waals surface area contributed by atoms with Crippen LogP contribution in [0.4, 0.5) is 0 Å². The standard InChI is InChI=1S/C18H24N4OS2/c1-2-24-18-21-15(13-25-18)10-17(23)20-12-16(22-8-3-4-9-22)14-6-5-7-19-11-14/h5-7,11,13,16H,2-4,8-10,12H2,1H3,(H,20,23)/t16-/m0/s1. The Morgan fingerprint density at radius 2 is 2.28 bits per heavy atom. The zero-order chi connectivity index (χ0) is 17.5. The van der Waals surface area contributed by atoms with Gasteiger partial charge in [0.25, 0.3) is 0 Å². The van der Waals surface area contributed by atoms with Crippen molar-refractivity contribution in [2.45, 2.75) is 36.6 Å². The van der Waals surface area contributed by atoms with Gasteiger partial charge in [0.1, 0.15) is 4.34 Å². The van der Waals surface area contributed by atoms with Crippen LogP contribution in [0.25, 0.3) is 0 Å². The summed E-state index contributed by atoms with van der Waals surface area (Å²) in [6, 6.07) is 4.25. The number of thioether (sulfide) groups is 1. The van der Waals surface area contributed by atoms with E-state index in [1.54, 1.807) is 29.3 Å². The predicted octanol–water partition coefficient (Wildman–Crippen LogP) is 3.15. The summed E-state index contributed by atoms with van der Waals surface area (Å²) in [6.07, 6.45) is 6.49. The number of hydrogen-bond acceptors (Lipinski definition) is 6. The fourth-order valence-electron chi connectivity index (χ4n) is 3.08. The van der Waals surface area contributed by atoms with Crippen molar-refractivity contribution in [2.75, 3.05) is 25.4 Å². The number of thiazole rings is 1. The Balaban J connectivity index is 1.57. The molecule has 2 aromatic rings. The fraction of sp³-hybridized carbons (Fsp3) is 0.500. The smallest absolute Gasteiger partial charge is 0.226 e. The first-order valence-corrected chi connectivity index (χ1v) is 10.6. The SMILES string of the molecule is CCSc1nc(CC(=O)NC[C@@H](c2cccnc2)N2CCCC2)cs1. The zero-order valence-corrected chi connectivity index (χ0v) is 16.1. The summed E-state index contributed by atoms with van der Waals surface area (Å²) in [6.45, 7) is 4.89. The highest BCUT2D eigenvalue weighted by atomic mass is 32.2. The summed E-state index contributed by atoms with van der Waals surface area (Å²) in [5, 5.41) is 5.08. The van der Waals surface area contributed by atoms with Crippen LogP contribution >= 0.6 is 23.1 Å². The minimum absolute atomic E-state index is 0.0337. The first-order valence-electron chi connectivity index (χ1n) is 8.74. The molecule has 1 fully saturated rings. The second-order valence-electron chi connectivity index (χ2n) is 6.06. The number of carbonyl (C=O) groups is 1. The molecule has 0 saturated carbocycles. The lowest BCUT2D eigenvalue weighted by Gasteiger charge is -2.27. The Labute approximate surface area is 157 Å². The van der Waals surface area contributed by atoms with Gasteiger partial charge in [-0.25, -0.2) is 4.98 Å². The van der Waals surface area contributed by atoms with Crippen LogP contribution in [0, 0.1) is 0 Å². The van der Waals surface area contributed by atoms with E-state index < -0.39 is 0 Å². The van der Waals surface area contributed by atoms with Gasteiger partial charge in [0.2, 0.25) is 5.91 Å². The summed E-state index contributed by atoms with van der Waals surface area (Å²) >= 11 is 3.33. The Hall–Kier alpha value is -1.44. The molecule has 25 heavy (non-hydrogen) atoms. The van der Waals surface area contributed by atoms with E-state index in [0.29, 0.717) is 13.0 Å². The molecular weight excluding hydrogens is 352 g/mol. The fourth-order valence-corrected chi connectivity index (χ4v) is 4.82. The number of likely N-dealkylation sites (tertiary alicyclic amines) is 1. The van der Waals surface area contributed by atoms with Gasteiger partial charge in [-0.2, -0.15) is 0 Å². The molecule has 5 nitrogen and oxygen atoms in total. The van der Waals surface area contributed by atoms with Crippen LogP contribution in [-0.4, -0.2) is 46.2 Å². The van der Waals surface area contributed by atoms with Gasteiger partial charge in [-0.15, -0.1) is 11.3 Å². The molecule has 1 N–H and O–H groups in total. The highest BCUT2D eigenvalue weighted by Gasteiger charge is 2.24. The Kier molecular flexibility index (Phi) is 6.84. The summed E-state index contributed by atoms with van der Waals surface area (Å²) in [4.78, 5) is 23.5. The third-order valence-electron chi connectivity index (χ3n) is 4.28. The van der Waals surface area contributed by atoms with Crippen LogP contribution in [0.1, 0.15) is 37.1 Å². The van der Waals surface area contributed by atoms with Crippen molar-refractivity contribution in [3.63, 3.8) is 0 Å². The normalized spacial score (nSPS) is 16.0. The van der Waals surface area contributed by atoms with Gasteiger partial charge in [-0.1, -0.05) is 24.8 Å². The van der Waals surface area contributed by atoms with E-state index in [1.807, 2.05) is 17.6 Å². The molecule has 0 aromatic carbocycles. The molecular formula is C18H24N4OS2. The third-order valence-corrected chi connectivity index (χ3v) is 6.24. The number of rotatable bonds is 8. The molecule has 2 aromatic heterocycles. The molecule has 1 aliphatic rings. The lowest BCUT2D eigenvalue weighted by molar-refractivity contribution is -0.120. The van der Waals surface area contributed by atoms with Crippen LogP contribution in [-0.2, 0) is 11.2 Å². The van der Waals surface area contributed by atoms with Crippen LogP contribution in [0.3, 0.4) is 0 Å². The molecule has 134 valence electrons. The largest absolute Gasteiger partial charge is 0.354 e. The van der Waals surface area contributed by atoms with Crippen molar-refractivity contribution in [2.24, 2.45) is 0 Å². The molecule has 3 heterocycles. The van der Waals surface area contributed by atoms with Gasteiger partial charge in [-0.05, 0) is 43.3 Å². The van der Waals surface area contributed by atoms with Crippen LogP contribution in [0.15, 0.2) is 34.2 Å². The van der Waals surface area contributed by atoms with Crippen molar-refractivity contribution in [3.8, 4) is 0 Å². The van der Waals surface area contributed by atoms with Crippen molar-refractivity contribution in [3.05, 3.63) is 41.2 Å². The monoisotopic (exact) mass is 376 g/mol. The zero-order valence-electron chi connectivity index (χ0n) is 14.5. The third kappa shape index (κ3) is 5.26. The molecule has 1 amide bonds. The molecule has 3 rings (SSSR count). The molecule has 1 atom stereocenters. The Bertz CT molecular complexity index is 671. The summed E-state index contributed by atoms with van der Waals surface area (Å²) in [7, 11) is 0. The predicted molar refractivity (Wildman–Crippen MR) is 103 cm³/mol. The maximum absolute atomic E-state index is 12.3. The number of nitrogens with zero attached hydrogens (tertiary/aromatic N) is 3. The van der Waals surface area contributed by atoms with E-state index in [1.165, 1.54) is 18.4 Å². The minimum Gasteiger partial charge on any atom is -0.354 e. The topological polar surface area (TPSA) is 58.1 Å². The van der Waals surface area contributed by atoms with Gasteiger partial charge >= 0.3 is 0 Å². The first kappa shape index (κ1) is 18.4. The Morgan fingerprint density at radius 1 is 1.44 bits per heavy atom. The summed E-state index contributed by atoms with van der Waals surface area (Å²) in [5.41, 5.74) is 2.03. The number of amides is 1. The lowest BCUT2D eigenvalue weighted by atomic mass is 10.1. The van der Waals surface area contributed by atoms with Crippen molar-refractivity contribution in [1.82, 2.24) is 20.2 Å². The highest BCUT2D eigenvalue weighted by Crippen LogP contribution is 2.24. The van der Waals surface area contributed by atoms with E-state index >= 15 is 0 Å². The Morgan fingerprint density at radius 3 is 3.00 bits per heavy atom. The van der Waals surface area contributed by atoms with Gasteiger partial charge in [0.05, 0.1) is 18.2 Å². The van der Waals surface area contributed by atoms with Crippen molar-refractivity contribution < 1.29 is 4.79 Å². The average molecular weight is 377 g/mol. The molecule has 7 heteroatoms. The molecule has 0 bridgehead atoms. The minimum atomic E-state index is 0.0337. The van der Waals surface area contributed by atoms with Gasteiger partial charge in [-0.3, -0.25) is 14.7 Å². The van der Waals surface area contributed by atoms with Gasteiger partial charge < -0.3 is 5.32 Å². The number of carbonyl (C=O) groups excluding carboxylic acids is 1. The maximum atomic E-state index is 12.3. The highest BCUT2D eigenvalue weighted by molar-refractivity contribution is 8.00. The molecule has 0 aliphatic carbocycles. The second-order valence-corrected chi connectivity index (χ2v) is 8.43. The number of aromatic nitrogens is 2. The second kappa shape index (κ2) is 9.31. The van der Waals surface area contributed by atoms with Gasteiger partial charge in [0.15, 0.2) is 0 Å². The van der Waals surface area contributed by atoms with Crippen molar-refractivity contribution >= 4 is 29.0 Å².